The molecule has 12 heavy (non-hydrogen) atoms. The van der Waals surface area contributed by atoms with Gasteiger partial charge in [0.05, 0.1) is 13.2 Å². The van der Waals surface area contributed by atoms with Crippen LogP contribution in [0.15, 0.2) is 0 Å². The summed E-state index contributed by atoms with van der Waals surface area (Å²) in [5.41, 5.74) is 0. The van der Waals surface area contributed by atoms with Crippen molar-refractivity contribution in [2.24, 2.45) is 0 Å². The van der Waals surface area contributed by atoms with Crippen LogP contribution in [0.4, 0.5) is 0 Å². The largest absolute Gasteiger partial charge is 0.391 e. The van der Waals surface area contributed by atoms with E-state index < -0.39 is 30.7 Å². The Morgan fingerprint density at radius 2 is 1.92 bits per heavy atom. The third-order valence-corrected chi connectivity index (χ3v) is 1.91. The third kappa shape index (κ3) is 1.45. The molecule has 0 aromatic rings. The van der Waals surface area contributed by atoms with Crippen molar-refractivity contribution in [1.82, 2.24) is 0 Å². The van der Waals surface area contributed by atoms with Crippen molar-refractivity contribution in [2.75, 3.05) is 13.2 Å². The Morgan fingerprint density at radius 3 is 2.42 bits per heavy atom. The predicted molar refractivity (Wildman–Crippen MR) is 36.0 cm³/mol. The summed E-state index contributed by atoms with van der Waals surface area (Å²) in [6.07, 6.45) is -4.45. The van der Waals surface area contributed by atoms with Gasteiger partial charge in [0.25, 0.3) is 0 Å². The van der Waals surface area contributed by atoms with Crippen molar-refractivity contribution >= 4 is 0 Å². The van der Waals surface area contributed by atoms with Crippen LogP contribution in [0, 0.1) is 0 Å². The van der Waals surface area contributed by atoms with Gasteiger partial charge in [-0.1, -0.05) is 0 Å². The summed E-state index contributed by atoms with van der Waals surface area (Å²) < 4.78 is 4.56. The van der Waals surface area contributed by atoms with E-state index >= 15 is 0 Å². The van der Waals surface area contributed by atoms with Gasteiger partial charge in [-0.05, 0) is 0 Å². The second kappa shape index (κ2) is 3.25. The van der Waals surface area contributed by atoms with Crippen LogP contribution in [0.2, 0.25) is 0 Å². The molecule has 6 nitrogen and oxygen atoms in total. The summed E-state index contributed by atoms with van der Waals surface area (Å²) in [4.78, 5) is 0. The van der Waals surface area contributed by atoms with Gasteiger partial charge in [-0.15, -0.1) is 0 Å². The number of hydrogen-bond donors (Lipinski definition) is 5. The third-order valence-electron chi connectivity index (χ3n) is 1.91. The molecule has 5 N–H and O–H groups in total. The van der Waals surface area contributed by atoms with Crippen molar-refractivity contribution in [3.05, 3.63) is 0 Å². The lowest BCUT2D eigenvalue weighted by Crippen LogP contribution is -2.62. The van der Waals surface area contributed by atoms with Gasteiger partial charge in [-0.3, -0.25) is 0 Å². The zero-order valence-corrected chi connectivity index (χ0v) is 6.29. The quantitative estimate of drug-likeness (QED) is 0.290. The van der Waals surface area contributed by atoms with Gasteiger partial charge in [0.1, 0.15) is 18.3 Å². The Morgan fingerprint density at radius 1 is 1.33 bits per heavy atom. The molecule has 1 aliphatic rings. The van der Waals surface area contributed by atoms with Crippen molar-refractivity contribution in [3.63, 3.8) is 0 Å². The average molecular weight is 180 g/mol. The van der Waals surface area contributed by atoms with E-state index in [2.05, 4.69) is 4.74 Å². The maximum atomic E-state index is 9.24. The van der Waals surface area contributed by atoms with Crippen LogP contribution in [-0.4, -0.2) is 62.8 Å². The van der Waals surface area contributed by atoms with Crippen LogP contribution in [-0.2, 0) is 4.74 Å². The van der Waals surface area contributed by atoms with Gasteiger partial charge in [0.15, 0.2) is 0 Å². The second-order valence-electron chi connectivity index (χ2n) is 2.82. The fourth-order valence-electron chi connectivity index (χ4n) is 1.03. The van der Waals surface area contributed by atoms with Crippen LogP contribution in [0.25, 0.3) is 0 Å². The minimum absolute atomic E-state index is 0.324. The van der Waals surface area contributed by atoms with E-state index in [1.54, 1.807) is 0 Å². The molecule has 0 unspecified atom stereocenters. The minimum Gasteiger partial charge on any atom is -0.391 e. The summed E-state index contributed by atoms with van der Waals surface area (Å²) in [5, 5.41) is 45.0. The smallest absolute Gasteiger partial charge is 0.218 e. The highest BCUT2D eigenvalue weighted by molar-refractivity contribution is 4.90. The van der Waals surface area contributed by atoms with Crippen LogP contribution in [0.5, 0.6) is 0 Å². The molecule has 1 rings (SSSR count). The number of rotatable bonds is 1. The highest BCUT2D eigenvalue weighted by atomic mass is 16.7. The zero-order chi connectivity index (χ0) is 9.35. The zero-order valence-electron chi connectivity index (χ0n) is 6.29. The molecule has 1 saturated heterocycles. The standard InChI is InChI=1S/C6H12O6/c7-2-6(11)5(10)4(9)3(8)1-12-6/h3-5,7-11H,1-2H2/t3-,4+,5-,6+/m0/s1. The van der Waals surface area contributed by atoms with Crippen molar-refractivity contribution in [2.45, 2.75) is 24.1 Å². The van der Waals surface area contributed by atoms with Gasteiger partial charge in [-0.2, -0.15) is 0 Å². The molecule has 0 radical (unpaired) electrons. The fraction of sp³-hybridized carbons (Fsp3) is 1.00. The summed E-state index contributed by atoms with van der Waals surface area (Å²) in [7, 11) is 0. The lowest BCUT2D eigenvalue weighted by Gasteiger charge is -2.40. The van der Waals surface area contributed by atoms with E-state index in [0.717, 1.165) is 0 Å². The van der Waals surface area contributed by atoms with Gasteiger partial charge in [0, 0.05) is 0 Å². The van der Waals surface area contributed by atoms with Crippen molar-refractivity contribution < 1.29 is 30.3 Å². The van der Waals surface area contributed by atoms with Gasteiger partial charge >= 0.3 is 0 Å². The Labute approximate surface area is 68.6 Å². The second-order valence-corrected chi connectivity index (χ2v) is 2.82. The van der Waals surface area contributed by atoms with Gasteiger partial charge < -0.3 is 30.3 Å². The monoisotopic (exact) mass is 180 g/mol. The van der Waals surface area contributed by atoms with Gasteiger partial charge in [0.2, 0.25) is 5.79 Å². The number of ether oxygens (including phenoxy) is 1. The first-order chi connectivity index (χ1) is 5.51. The first-order valence-electron chi connectivity index (χ1n) is 3.52. The first-order valence-corrected chi connectivity index (χ1v) is 3.52. The molecule has 4 atom stereocenters. The number of hydrogen-bond acceptors (Lipinski definition) is 6. The predicted octanol–water partition coefficient (Wildman–Crippen LogP) is -3.22. The van der Waals surface area contributed by atoms with E-state index in [-0.39, 0.29) is 6.61 Å². The lowest BCUT2D eigenvalue weighted by molar-refractivity contribution is -0.331. The molecule has 0 bridgehead atoms. The van der Waals surface area contributed by atoms with E-state index in [4.69, 9.17) is 20.4 Å². The normalized spacial score (nSPS) is 49.2. The average Bonchev–Trinajstić information content (AvgIpc) is 2.09. The molecule has 1 fully saturated rings. The van der Waals surface area contributed by atoms with Crippen LogP contribution in [0.1, 0.15) is 0 Å². The molecule has 1 aliphatic heterocycles. The van der Waals surface area contributed by atoms with E-state index in [0.29, 0.717) is 0 Å². The molecular weight excluding hydrogens is 168 g/mol. The van der Waals surface area contributed by atoms with Crippen molar-refractivity contribution in [3.8, 4) is 0 Å². The molecule has 1 heterocycles. The van der Waals surface area contributed by atoms with E-state index in [9.17, 15) is 5.11 Å². The summed E-state index contributed by atoms with van der Waals surface area (Å²) in [5.74, 6) is -2.17. The van der Waals surface area contributed by atoms with Crippen molar-refractivity contribution in [1.29, 1.82) is 0 Å². The summed E-state index contributed by atoms with van der Waals surface area (Å²) >= 11 is 0. The topological polar surface area (TPSA) is 110 Å². The molecule has 6 heteroatoms. The van der Waals surface area contributed by atoms with Crippen LogP contribution >= 0.6 is 0 Å². The maximum Gasteiger partial charge on any atom is 0.218 e. The Balaban J connectivity index is 2.71. The van der Waals surface area contributed by atoms with Crippen LogP contribution < -0.4 is 0 Å². The molecular formula is C6H12O6. The minimum atomic E-state index is -2.17. The first kappa shape index (κ1) is 9.85. The molecule has 0 spiro atoms. The Bertz CT molecular complexity index is 162. The molecule has 0 amide bonds. The maximum absolute atomic E-state index is 9.24. The molecule has 0 aromatic heterocycles. The Hall–Kier alpha value is -0.240. The number of aliphatic hydroxyl groups is 5. The lowest BCUT2D eigenvalue weighted by atomic mass is 9.98. The summed E-state index contributed by atoms with van der Waals surface area (Å²) in [6.45, 7) is -1.16. The highest BCUT2D eigenvalue weighted by Gasteiger charge is 2.47. The van der Waals surface area contributed by atoms with E-state index in [1.165, 1.54) is 0 Å². The molecule has 0 saturated carbocycles. The van der Waals surface area contributed by atoms with E-state index in [1.807, 2.05) is 0 Å². The molecule has 72 valence electrons. The Kier molecular flexibility index (Phi) is 2.67. The summed E-state index contributed by atoms with van der Waals surface area (Å²) in [6, 6.07) is 0. The van der Waals surface area contributed by atoms with Gasteiger partial charge in [-0.25, -0.2) is 0 Å². The molecule has 0 aromatic carbocycles. The molecule has 0 aliphatic carbocycles. The fourth-order valence-corrected chi connectivity index (χ4v) is 1.03. The van der Waals surface area contributed by atoms with Crippen LogP contribution in [0.3, 0.4) is 0 Å². The number of aliphatic hydroxyl groups excluding tert-OH is 4. The highest BCUT2D eigenvalue weighted by Crippen LogP contribution is 2.22. The SMILES string of the molecule is OC[C@@]1(O)OC[C@H](O)[C@@H](O)[C@@H]1O.